The first-order valence-corrected chi connectivity index (χ1v) is 4.65. The number of carbonyl (C=O) groups is 2. The van der Waals surface area contributed by atoms with E-state index < -0.39 is 18.2 Å². The van der Waals surface area contributed by atoms with Crippen molar-refractivity contribution in [2.24, 2.45) is 0 Å². The van der Waals surface area contributed by atoms with Crippen LogP contribution in [0.25, 0.3) is 0 Å². The Labute approximate surface area is 83.4 Å². The number of aliphatic hydroxyl groups is 1. The second-order valence-corrected chi connectivity index (χ2v) is 3.05. The number of hydrogen-bond acceptors (Lipinski definition) is 4. The SMILES string of the molecule is CCCNC(=O)[C@H](C)OC(=O)[C@H](C)O. The van der Waals surface area contributed by atoms with Crippen molar-refractivity contribution in [1.82, 2.24) is 5.32 Å². The van der Waals surface area contributed by atoms with Crippen LogP contribution in [0.4, 0.5) is 0 Å². The van der Waals surface area contributed by atoms with Gasteiger partial charge in [-0.2, -0.15) is 0 Å². The summed E-state index contributed by atoms with van der Waals surface area (Å²) < 4.78 is 4.67. The van der Waals surface area contributed by atoms with Gasteiger partial charge in [-0.1, -0.05) is 6.92 Å². The Morgan fingerprint density at radius 1 is 1.43 bits per heavy atom. The van der Waals surface area contributed by atoms with Crippen LogP contribution in [-0.4, -0.2) is 35.7 Å². The summed E-state index contributed by atoms with van der Waals surface area (Å²) in [5, 5.41) is 11.4. The molecule has 0 bridgehead atoms. The highest BCUT2D eigenvalue weighted by Crippen LogP contribution is 1.95. The molecule has 0 fully saturated rings. The zero-order valence-corrected chi connectivity index (χ0v) is 8.74. The van der Waals surface area contributed by atoms with Crippen LogP contribution >= 0.6 is 0 Å². The van der Waals surface area contributed by atoms with E-state index >= 15 is 0 Å². The van der Waals surface area contributed by atoms with E-state index in [2.05, 4.69) is 10.1 Å². The van der Waals surface area contributed by atoms with Crippen molar-refractivity contribution in [2.45, 2.75) is 39.4 Å². The Balaban J connectivity index is 3.89. The standard InChI is InChI=1S/C9H17NO4/c1-4-5-10-8(12)7(3)14-9(13)6(2)11/h6-7,11H,4-5H2,1-3H3,(H,10,12)/t6-,7-/m0/s1. The van der Waals surface area contributed by atoms with E-state index in [0.717, 1.165) is 6.42 Å². The Hall–Kier alpha value is -1.10. The van der Waals surface area contributed by atoms with Gasteiger partial charge in [0, 0.05) is 6.54 Å². The molecule has 0 radical (unpaired) electrons. The molecule has 2 N–H and O–H groups in total. The fourth-order valence-electron chi connectivity index (χ4n) is 0.718. The molecule has 2 atom stereocenters. The third-order valence-electron chi connectivity index (χ3n) is 1.55. The fourth-order valence-corrected chi connectivity index (χ4v) is 0.718. The number of ether oxygens (including phenoxy) is 1. The zero-order chi connectivity index (χ0) is 11.1. The molecule has 0 aliphatic carbocycles. The van der Waals surface area contributed by atoms with E-state index in [-0.39, 0.29) is 5.91 Å². The second-order valence-electron chi connectivity index (χ2n) is 3.05. The number of rotatable bonds is 5. The quantitative estimate of drug-likeness (QED) is 0.608. The van der Waals surface area contributed by atoms with Crippen LogP contribution < -0.4 is 5.32 Å². The molecule has 0 aromatic carbocycles. The maximum absolute atomic E-state index is 11.2. The molecule has 0 unspecified atom stereocenters. The third kappa shape index (κ3) is 4.81. The Kier molecular flexibility index (Phi) is 5.87. The minimum Gasteiger partial charge on any atom is -0.451 e. The number of carbonyl (C=O) groups excluding carboxylic acids is 2. The van der Waals surface area contributed by atoms with E-state index in [4.69, 9.17) is 5.11 Å². The molecule has 0 saturated heterocycles. The molecule has 0 aliphatic rings. The van der Waals surface area contributed by atoms with Gasteiger partial charge in [-0.05, 0) is 20.3 Å². The first kappa shape index (κ1) is 12.9. The Bertz CT molecular complexity index is 203. The molecule has 0 aliphatic heterocycles. The van der Waals surface area contributed by atoms with Crippen LogP contribution in [-0.2, 0) is 14.3 Å². The van der Waals surface area contributed by atoms with Crippen molar-refractivity contribution in [3.63, 3.8) is 0 Å². The molecule has 82 valence electrons. The summed E-state index contributed by atoms with van der Waals surface area (Å²) in [4.78, 5) is 22.1. The van der Waals surface area contributed by atoms with Gasteiger partial charge >= 0.3 is 5.97 Å². The van der Waals surface area contributed by atoms with Crippen LogP contribution in [0.15, 0.2) is 0 Å². The van der Waals surface area contributed by atoms with Gasteiger partial charge in [0.1, 0.15) is 6.10 Å². The van der Waals surface area contributed by atoms with E-state index in [1.165, 1.54) is 13.8 Å². The van der Waals surface area contributed by atoms with Crippen molar-refractivity contribution in [3.05, 3.63) is 0 Å². The molecule has 0 rings (SSSR count). The highest BCUT2D eigenvalue weighted by molar-refractivity contribution is 5.84. The first-order valence-electron chi connectivity index (χ1n) is 4.65. The minimum absolute atomic E-state index is 0.346. The number of hydrogen-bond donors (Lipinski definition) is 2. The van der Waals surface area contributed by atoms with Crippen molar-refractivity contribution < 1.29 is 19.4 Å². The molecule has 5 heteroatoms. The summed E-state index contributed by atoms with van der Waals surface area (Å²) >= 11 is 0. The molecule has 5 nitrogen and oxygen atoms in total. The van der Waals surface area contributed by atoms with Crippen LogP contribution in [0.5, 0.6) is 0 Å². The molecule has 0 spiro atoms. The average molecular weight is 203 g/mol. The normalized spacial score (nSPS) is 14.3. The predicted octanol–water partition coefficient (Wildman–Crippen LogP) is -0.175. The monoisotopic (exact) mass is 203 g/mol. The van der Waals surface area contributed by atoms with E-state index in [1.807, 2.05) is 6.92 Å². The van der Waals surface area contributed by atoms with E-state index in [0.29, 0.717) is 6.54 Å². The highest BCUT2D eigenvalue weighted by atomic mass is 16.6. The lowest BCUT2D eigenvalue weighted by atomic mass is 10.3. The van der Waals surface area contributed by atoms with Gasteiger partial charge in [0.05, 0.1) is 0 Å². The summed E-state index contributed by atoms with van der Waals surface area (Å²) in [6.45, 7) is 5.23. The van der Waals surface area contributed by atoms with Crippen LogP contribution in [0.1, 0.15) is 27.2 Å². The number of esters is 1. The van der Waals surface area contributed by atoms with Gasteiger partial charge in [-0.15, -0.1) is 0 Å². The third-order valence-corrected chi connectivity index (χ3v) is 1.55. The number of aliphatic hydroxyl groups excluding tert-OH is 1. The Morgan fingerprint density at radius 2 is 2.00 bits per heavy atom. The van der Waals surface area contributed by atoms with Gasteiger partial charge in [-0.3, -0.25) is 4.79 Å². The molecule has 0 heterocycles. The van der Waals surface area contributed by atoms with Gasteiger partial charge in [0.15, 0.2) is 6.10 Å². The fraction of sp³-hybridized carbons (Fsp3) is 0.778. The zero-order valence-electron chi connectivity index (χ0n) is 8.74. The molecule has 0 saturated carbocycles. The van der Waals surface area contributed by atoms with Crippen LogP contribution in [0.2, 0.25) is 0 Å². The summed E-state index contributed by atoms with van der Waals surface area (Å²) in [5.74, 6) is -1.13. The van der Waals surface area contributed by atoms with Gasteiger partial charge in [0.2, 0.25) is 0 Å². The summed E-state index contributed by atoms with van der Waals surface area (Å²) in [6.07, 6.45) is -1.23. The Morgan fingerprint density at radius 3 is 2.43 bits per heavy atom. The van der Waals surface area contributed by atoms with E-state index in [1.54, 1.807) is 0 Å². The summed E-state index contributed by atoms with van der Waals surface area (Å²) in [7, 11) is 0. The number of nitrogens with one attached hydrogen (secondary N) is 1. The van der Waals surface area contributed by atoms with Gasteiger partial charge in [0.25, 0.3) is 5.91 Å². The maximum Gasteiger partial charge on any atom is 0.335 e. The summed E-state index contributed by atoms with van der Waals surface area (Å²) in [6, 6.07) is 0. The maximum atomic E-state index is 11.2. The topological polar surface area (TPSA) is 75.6 Å². The first-order chi connectivity index (χ1) is 6.49. The molecular formula is C9H17NO4. The minimum atomic E-state index is -1.20. The molecule has 0 aromatic heterocycles. The van der Waals surface area contributed by atoms with E-state index in [9.17, 15) is 9.59 Å². The van der Waals surface area contributed by atoms with Crippen LogP contribution in [0.3, 0.4) is 0 Å². The van der Waals surface area contributed by atoms with Crippen LogP contribution in [0, 0.1) is 0 Å². The van der Waals surface area contributed by atoms with Crippen molar-refractivity contribution in [3.8, 4) is 0 Å². The van der Waals surface area contributed by atoms with Crippen molar-refractivity contribution in [1.29, 1.82) is 0 Å². The number of amides is 1. The highest BCUT2D eigenvalue weighted by Gasteiger charge is 2.19. The second kappa shape index (κ2) is 6.37. The lowest BCUT2D eigenvalue weighted by molar-refractivity contribution is -0.161. The molecule has 0 aromatic rings. The lowest BCUT2D eigenvalue weighted by Gasteiger charge is -2.13. The smallest absolute Gasteiger partial charge is 0.335 e. The molecule has 14 heavy (non-hydrogen) atoms. The van der Waals surface area contributed by atoms with Crippen molar-refractivity contribution >= 4 is 11.9 Å². The van der Waals surface area contributed by atoms with Gasteiger partial charge < -0.3 is 15.2 Å². The largest absolute Gasteiger partial charge is 0.451 e. The average Bonchev–Trinajstić information content (AvgIpc) is 2.13. The molecular weight excluding hydrogens is 186 g/mol. The van der Waals surface area contributed by atoms with Gasteiger partial charge in [-0.25, -0.2) is 4.79 Å². The predicted molar refractivity (Wildman–Crippen MR) is 50.5 cm³/mol. The summed E-state index contributed by atoms with van der Waals surface area (Å²) in [5.41, 5.74) is 0. The van der Waals surface area contributed by atoms with Crippen molar-refractivity contribution in [2.75, 3.05) is 6.54 Å². The molecule has 1 amide bonds. The lowest BCUT2D eigenvalue weighted by Crippen LogP contribution is -2.37.